The van der Waals surface area contributed by atoms with E-state index >= 15 is 0 Å². The van der Waals surface area contributed by atoms with Crippen molar-refractivity contribution >= 4 is 6.03 Å². The first-order valence-corrected chi connectivity index (χ1v) is 8.66. The Labute approximate surface area is 147 Å². The minimum atomic E-state index is -0.305. The van der Waals surface area contributed by atoms with E-state index in [0.717, 1.165) is 25.7 Å². The Hall–Kier alpha value is -2.50. The number of urea groups is 1. The number of halogens is 1. The van der Waals surface area contributed by atoms with Crippen LogP contribution in [0.1, 0.15) is 43.0 Å². The van der Waals surface area contributed by atoms with E-state index in [4.69, 9.17) is 0 Å². The largest absolute Gasteiger partial charge is 0.331 e. The lowest BCUT2D eigenvalue weighted by Gasteiger charge is -2.28. The van der Waals surface area contributed by atoms with Crippen LogP contribution in [0.4, 0.5) is 9.18 Å². The maximum atomic E-state index is 14.3. The summed E-state index contributed by atoms with van der Waals surface area (Å²) in [7, 11) is 1.71. The summed E-state index contributed by atoms with van der Waals surface area (Å²) in [6.45, 7) is 0.355. The second-order valence-electron chi connectivity index (χ2n) is 6.55. The summed E-state index contributed by atoms with van der Waals surface area (Å²) in [5.41, 5.74) is 1.28. The minimum absolute atomic E-state index is 0.231. The van der Waals surface area contributed by atoms with Crippen molar-refractivity contribution < 1.29 is 9.18 Å². The lowest BCUT2D eigenvalue weighted by Crippen LogP contribution is -2.41. The molecule has 1 aliphatic rings. The molecule has 2 amide bonds. The molecular weight excluding hydrogens is 319 g/mol. The van der Waals surface area contributed by atoms with Crippen LogP contribution in [-0.4, -0.2) is 27.9 Å². The molecule has 0 saturated heterocycles. The lowest BCUT2D eigenvalue weighted by atomic mass is 9.91. The number of hydrogen-bond donors (Lipinski definition) is 1. The Bertz CT molecular complexity index is 704. The maximum Gasteiger partial charge on any atom is 0.317 e. The summed E-state index contributed by atoms with van der Waals surface area (Å²) in [4.78, 5) is 22.4. The molecule has 2 aromatic rings. The van der Waals surface area contributed by atoms with Crippen molar-refractivity contribution in [3.63, 3.8) is 0 Å². The lowest BCUT2D eigenvalue weighted by molar-refractivity contribution is 0.196. The van der Waals surface area contributed by atoms with Gasteiger partial charge in [-0.15, -0.1) is 0 Å². The minimum Gasteiger partial charge on any atom is -0.331 e. The predicted molar refractivity (Wildman–Crippen MR) is 93.1 cm³/mol. The van der Waals surface area contributed by atoms with Crippen LogP contribution in [0.5, 0.6) is 0 Å². The van der Waals surface area contributed by atoms with Crippen LogP contribution >= 0.6 is 0 Å². The molecule has 1 aromatic carbocycles. The number of amides is 2. The van der Waals surface area contributed by atoms with Crippen LogP contribution in [-0.2, 0) is 6.54 Å². The van der Waals surface area contributed by atoms with Crippen molar-refractivity contribution in [3.05, 3.63) is 59.9 Å². The van der Waals surface area contributed by atoms with Crippen molar-refractivity contribution in [1.82, 2.24) is 20.2 Å². The Morgan fingerprint density at radius 2 is 2.08 bits per heavy atom. The van der Waals surface area contributed by atoms with Gasteiger partial charge in [0.2, 0.25) is 0 Å². The molecule has 0 spiro atoms. The molecule has 1 saturated carbocycles. The van der Waals surface area contributed by atoms with Gasteiger partial charge in [0.25, 0.3) is 0 Å². The molecule has 5 nitrogen and oxygen atoms in total. The van der Waals surface area contributed by atoms with E-state index in [1.807, 2.05) is 6.07 Å². The summed E-state index contributed by atoms with van der Waals surface area (Å²) in [5, 5.41) is 3.03. The number of carbonyl (C=O) groups excluding carboxylic acids is 1. The molecule has 1 aromatic heterocycles. The smallest absolute Gasteiger partial charge is 0.317 e. The fourth-order valence-corrected chi connectivity index (χ4v) is 3.44. The van der Waals surface area contributed by atoms with Crippen molar-refractivity contribution in [2.24, 2.45) is 5.92 Å². The van der Waals surface area contributed by atoms with Gasteiger partial charge in [-0.3, -0.25) is 9.97 Å². The van der Waals surface area contributed by atoms with E-state index in [0.29, 0.717) is 17.8 Å². The topological polar surface area (TPSA) is 58.1 Å². The summed E-state index contributed by atoms with van der Waals surface area (Å²) in [6, 6.07) is 6.17. The van der Waals surface area contributed by atoms with Crippen molar-refractivity contribution in [1.29, 1.82) is 0 Å². The molecule has 132 valence electrons. The average molecular weight is 342 g/mol. The zero-order chi connectivity index (χ0) is 17.6. The molecule has 1 heterocycles. The van der Waals surface area contributed by atoms with Gasteiger partial charge in [0, 0.05) is 25.0 Å². The number of hydrogen-bond acceptors (Lipinski definition) is 3. The monoisotopic (exact) mass is 342 g/mol. The van der Waals surface area contributed by atoms with E-state index in [2.05, 4.69) is 15.3 Å². The SMILES string of the molecule is CN(Cc1cnccn1)C(=O)N[C@@H](c1ccccc1F)C1CCCC1. The number of benzene rings is 1. The third-order valence-electron chi connectivity index (χ3n) is 4.75. The molecule has 25 heavy (non-hydrogen) atoms. The van der Waals surface area contributed by atoms with Gasteiger partial charge in [-0.1, -0.05) is 31.0 Å². The second kappa shape index (κ2) is 8.05. The first-order valence-electron chi connectivity index (χ1n) is 8.66. The average Bonchev–Trinajstić information content (AvgIpc) is 3.15. The first kappa shape index (κ1) is 17.3. The van der Waals surface area contributed by atoms with Crippen LogP contribution in [0.2, 0.25) is 0 Å². The van der Waals surface area contributed by atoms with Gasteiger partial charge in [-0.2, -0.15) is 0 Å². The molecule has 1 atom stereocenters. The van der Waals surface area contributed by atoms with Crippen molar-refractivity contribution in [2.45, 2.75) is 38.3 Å². The van der Waals surface area contributed by atoms with Crippen LogP contribution in [0.3, 0.4) is 0 Å². The second-order valence-corrected chi connectivity index (χ2v) is 6.55. The van der Waals surface area contributed by atoms with Gasteiger partial charge in [-0.05, 0) is 24.8 Å². The number of aromatic nitrogens is 2. The number of rotatable bonds is 5. The molecule has 3 rings (SSSR count). The van der Waals surface area contributed by atoms with E-state index in [1.165, 1.54) is 6.07 Å². The predicted octanol–water partition coefficient (Wildman–Crippen LogP) is 3.69. The van der Waals surface area contributed by atoms with E-state index in [-0.39, 0.29) is 23.8 Å². The molecule has 0 aliphatic heterocycles. The summed E-state index contributed by atoms with van der Waals surface area (Å²) < 4.78 is 14.3. The van der Waals surface area contributed by atoms with Crippen molar-refractivity contribution in [2.75, 3.05) is 7.05 Å². The normalized spacial score (nSPS) is 15.8. The summed E-state index contributed by atoms with van der Waals surface area (Å²) in [5.74, 6) is 0.00189. The van der Waals surface area contributed by atoms with Gasteiger partial charge < -0.3 is 10.2 Å². The highest BCUT2D eigenvalue weighted by Crippen LogP contribution is 2.36. The van der Waals surface area contributed by atoms with Crippen LogP contribution < -0.4 is 5.32 Å². The molecule has 1 aliphatic carbocycles. The molecular formula is C19H23FN4O. The maximum absolute atomic E-state index is 14.3. The molecule has 0 unspecified atom stereocenters. The highest BCUT2D eigenvalue weighted by Gasteiger charge is 2.30. The standard InChI is InChI=1S/C19H23FN4O/c1-24(13-15-12-21-10-11-22-15)19(25)23-18(14-6-2-3-7-14)16-8-4-5-9-17(16)20/h4-5,8-12,14,18H,2-3,6-7,13H2,1H3,(H,23,25)/t18-/m1/s1. The molecule has 1 fully saturated rings. The molecule has 0 bridgehead atoms. The number of carbonyl (C=O) groups is 1. The van der Waals surface area contributed by atoms with E-state index in [9.17, 15) is 9.18 Å². The van der Waals surface area contributed by atoms with E-state index in [1.54, 1.807) is 42.7 Å². The molecule has 1 N–H and O–H groups in total. The summed E-state index contributed by atoms with van der Waals surface area (Å²) >= 11 is 0. The molecule has 6 heteroatoms. The number of nitrogens with zero attached hydrogens (tertiary/aromatic N) is 3. The zero-order valence-corrected chi connectivity index (χ0v) is 14.4. The fourth-order valence-electron chi connectivity index (χ4n) is 3.44. The van der Waals surface area contributed by atoms with E-state index < -0.39 is 0 Å². The summed E-state index contributed by atoms with van der Waals surface area (Å²) in [6.07, 6.45) is 9.09. The van der Waals surface area contributed by atoms with Gasteiger partial charge in [0.1, 0.15) is 5.82 Å². The van der Waals surface area contributed by atoms with Crippen molar-refractivity contribution in [3.8, 4) is 0 Å². The first-order chi connectivity index (χ1) is 12.1. The third kappa shape index (κ3) is 4.32. The zero-order valence-electron chi connectivity index (χ0n) is 14.4. The number of nitrogens with one attached hydrogen (secondary N) is 1. The van der Waals surface area contributed by atoms with Crippen LogP contribution in [0, 0.1) is 11.7 Å². The van der Waals surface area contributed by atoms with Gasteiger partial charge >= 0.3 is 6.03 Å². The van der Waals surface area contributed by atoms with Gasteiger partial charge in [-0.25, -0.2) is 9.18 Å². The Balaban J connectivity index is 1.73. The van der Waals surface area contributed by atoms with Crippen LogP contribution in [0.15, 0.2) is 42.9 Å². The molecule has 0 radical (unpaired) electrons. The van der Waals surface area contributed by atoms with Gasteiger partial charge in [0.15, 0.2) is 0 Å². The Kier molecular flexibility index (Phi) is 5.58. The fraction of sp³-hybridized carbons (Fsp3) is 0.421. The Morgan fingerprint density at radius 1 is 1.32 bits per heavy atom. The highest BCUT2D eigenvalue weighted by molar-refractivity contribution is 5.74. The quantitative estimate of drug-likeness (QED) is 0.901. The van der Waals surface area contributed by atoms with Gasteiger partial charge in [0.05, 0.1) is 24.5 Å². The third-order valence-corrected chi connectivity index (χ3v) is 4.75. The Morgan fingerprint density at radius 3 is 2.76 bits per heavy atom. The van der Waals surface area contributed by atoms with Crippen LogP contribution in [0.25, 0.3) is 0 Å². The highest BCUT2D eigenvalue weighted by atomic mass is 19.1.